The summed E-state index contributed by atoms with van der Waals surface area (Å²) in [6, 6.07) is 10.7. The summed E-state index contributed by atoms with van der Waals surface area (Å²) < 4.78 is 11.3. The number of ether oxygens (including phenoxy) is 2. The lowest BCUT2D eigenvalue weighted by molar-refractivity contribution is -0.384. The predicted octanol–water partition coefficient (Wildman–Crippen LogP) is 3.62. The molecule has 0 radical (unpaired) electrons. The largest absolute Gasteiger partial charge is 0.490 e. The lowest BCUT2D eigenvalue weighted by atomic mass is 10.1. The average Bonchev–Trinajstić information content (AvgIpc) is 2.65. The van der Waals surface area contributed by atoms with E-state index in [0.29, 0.717) is 23.5 Å². The van der Waals surface area contributed by atoms with E-state index in [0.717, 1.165) is 0 Å². The van der Waals surface area contributed by atoms with E-state index in [1.807, 2.05) is 0 Å². The van der Waals surface area contributed by atoms with E-state index in [1.165, 1.54) is 24.3 Å². The summed E-state index contributed by atoms with van der Waals surface area (Å²) in [7, 11) is 0. The molecule has 1 amide bonds. The monoisotopic (exact) mass is 401 g/mol. The van der Waals surface area contributed by atoms with Crippen LogP contribution < -0.4 is 15.2 Å². The van der Waals surface area contributed by atoms with Crippen molar-refractivity contribution in [1.82, 2.24) is 0 Å². The molecule has 2 N–H and O–H groups in total. The van der Waals surface area contributed by atoms with E-state index in [-0.39, 0.29) is 28.6 Å². The van der Waals surface area contributed by atoms with Gasteiger partial charge in [-0.2, -0.15) is 5.26 Å². The highest BCUT2D eigenvalue weighted by atomic mass is 35.5. The predicted molar refractivity (Wildman–Crippen MR) is 103 cm³/mol. The second-order valence-electron chi connectivity index (χ2n) is 5.51. The molecule has 2 rings (SSSR count). The second-order valence-corrected chi connectivity index (χ2v) is 5.92. The van der Waals surface area contributed by atoms with Crippen LogP contribution in [0.25, 0.3) is 6.08 Å². The first kappa shape index (κ1) is 20.7. The molecule has 0 aromatic heterocycles. The zero-order valence-corrected chi connectivity index (χ0v) is 15.6. The molecule has 0 fully saturated rings. The van der Waals surface area contributed by atoms with E-state index in [4.69, 9.17) is 32.1 Å². The number of nitriles is 1. The van der Waals surface area contributed by atoms with Crippen LogP contribution in [0.1, 0.15) is 18.1 Å². The van der Waals surface area contributed by atoms with Crippen LogP contribution in [0.5, 0.6) is 11.5 Å². The molecule has 0 heterocycles. The van der Waals surface area contributed by atoms with Crippen LogP contribution in [0.3, 0.4) is 0 Å². The third kappa shape index (κ3) is 5.22. The number of halogens is 1. The molecule has 144 valence electrons. The summed E-state index contributed by atoms with van der Waals surface area (Å²) in [6.45, 7) is 2.22. The molecule has 0 aliphatic carbocycles. The van der Waals surface area contributed by atoms with Crippen molar-refractivity contribution < 1.29 is 19.2 Å². The van der Waals surface area contributed by atoms with Gasteiger partial charge < -0.3 is 15.2 Å². The van der Waals surface area contributed by atoms with E-state index >= 15 is 0 Å². The average molecular weight is 402 g/mol. The van der Waals surface area contributed by atoms with Gasteiger partial charge in [0.05, 0.1) is 16.6 Å². The molecule has 2 aromatic rings. The van der Waals surface area contributed by atoms with E-state index < -0.39 is 10.8 Å². The van der Waals surface area contributed by atoms with Crippen LogP contribution in [-0.4, -0.2) is 17.4 Å². The first-order valence-electron chi connectivity index (χ1n) is 8.09. The van der Waals surface area contributed by atoms with Gasteiger partial charge in [0.25, 0.3) is 11.6 Å². The molecule has 9 heteroatoms. The highest BCUT2D eigenvalue weighted by Crippen LogP contribution is 2.38. The molecule has 8 nitrogen and oxygen atoms in total. The Morgan fingerprint density at radius 2 is 2.00 bits per heavy atom. The van der Waals surface area contributed by atoms with Gasteiger partial charge in [0.15, 0.2) is 11.5 Å². The second kappa shape index (κ2) is 9.39. The summed E-state index contributed by atoms with van der Waals surface area (Å²) >= 11 is 6.29. The Morgan fingerprint density at radius 1 is 1.32 bits per heavy atom. The fourth-order valence-corrected chi connectivity index (χ4v) is 2.54. The van der Waals surface area contributed by atoms with Crippen LogP contribution in [0.2, 0.25) is 5.02 Å². The fourth-order valence-electron chi connectivity index (χ4n) is 2.27. The molecule has 0 saturated carbocycles. The van der Waals surface area contributed by atoms with Crippen molar-refractivity contribution in [2.45, 2.75) is 13.5 Å². The molecule has 0 saturated heterocycles. The maximum atomic E-state index is 11.2. The smallest absolute Gasteiger partial charge is 0.269 e. The van der Waals surface area contributed by atoms with Crippen LogP contribution in [0.15, 0.2) is 42.0 Å². The van der Waals surface area contributed by atoms with Crippen LogP contribution in [0.4, 0.5) is 5.69 Å². The van der Waals surface area contributed by atoms with Crippen molar-refractivity contribution in [3.05, 3.63) is 68.2 Å². The van der Waals surface area contributed by atoms with Gasteiger partial charge in [-0.3, -0.25) is 14.9 Å². The van der Waals surface area contributed by atoms with Crippen molar-refractivity contribution in [3.63, 3.8) is 0 Å². The zero-order valence-electron chi connectivity index (χ0n) is 14.8. The first-order chi connectivity index (χ1) is 13.3. The number of benzene rings is 2. The van der Waals surface area contributed by atoms with Crippen LogP contribution in [-0.2, 0) is 11.4 Å². The van der Waals surface area contributed by atoms with Crippen molar-refractivity contribution in [2.24, 2.45) is 5.73 Å². The molecular formula is C19H16ClN3O5. The summed E-state index contributed by atoms with van der Waals surface area (Å²) in [5, 5.41) is 19.9. The minimum Gasteiger partial charge on any atom is -0.490 e. The third-order valence-electron chi connectivity index (χ3n) is 3.56. The third-order valence-corrected chi connectivity index (χ3v) is 3.84. The van der Waals surface area contributed by atoms with Gasteiger partial charge in [-0.15, -0.1) is 0 Å². The van der Waals surface area contributed by atoms with Crippen molar-refractivity contribution in [1.29, 1.82) is 5.26 Å². The number of nitro groups is 1. The van der Waals surface area contributed by atoms with Crippen molar-refractivity contribution >= 4 is 29.3 Å². The first-order valence-corrected chi connectivity index (χ1v) is 8.47. The van der Waals surface area contributed by atoms with E-state index in [2.05, 4.69) is 0 Å². The number of nitrogens with two attached hydrogens (primary N) is 1. The molecule has 0 spiro atoms. The van der Waals surface area contributed by atoms with Crippen molar-refractivity contribution in [2.75, 3.05) is 6.61 Å². The molecule has 0 bridgehead atoms. The molecule has 0 atom stereocenters. The van der Waals surface area contributed by atoms with Gasteiger partial charge in [-0.1, -0.05) is 11.6 Å². The van der Waals surface area contributed by atoms with Crippen LogP contribution in [0, 0.1) is 21.4 Å². The number of carbonyl (C=O) groups is 1. The minimum absolute atomic E-state index is 0.0179. The maximum Gasteiger partial charge on any atom is 0.269 e. The lowest BCUT2D eigenvalue weighted by Gasteiger charge is -2.14. The highest BCUT2D eigenvalue weighted by molar-refractivity contribution is 6.32. The number of carbonyl (C=O) groups excluding carboxylic acids is 1. The fraction of sp³-hybridized carbons (Fsp3) is 0.158. The normalized spacial score (nSPS) is 10.8. The number of hydrogen-bond acceptors (Lipinski definition) is 6. The van der Waals surface area contributed by atoms with Gasteiger partial charge in [-0.25, -0.2) is 0 Å². The van der Waals surface area contributed by atoms with Gasteiger partial charge in [0.1, 0.15) is 18.2 Å². The highest BCUT2D eigenvalue weighted by Gasteiger charge is 2.14. The number of non-ortho nitro benzene ring substituents is 1. The Balaban J connectivity index is 2.29. The molecule has 2 aromatic carbocycles. The van der Waals surface area contributed by atoms with Gasteiger partial charge in [-0.05, 0) is 48.4 Å². The topological polar surface area (TPSA) is 128 Å². The molecule has 0 unspecified atom stereocenters. The Labute approximate surface area is 165 Å². The summed E-state index contributed by atoms with van der Waals surface area (Å²) in [5.41, 5.74) is 6.05. The lowest BCUT2D eigenvalue weighted by Crippen LogP contribution is -2.12. The number of hydrogen-bond donors (Lipinski definition) is 1. The molecule has 28 heavy (non-hydrogen) atoms. The standard InChI is InChI=1S/C19H16ClN3O5/c1-2-27-17-9-13(7-14(10-21)19(22)24)8-16(20)18(17)28-11-12-3-5-15(6-4-12)23(25)26/h3-9H,2,11H2,1H3,(H2,22,24)/b14-7+. The van der Waals surface area contributed by atoms with Gasteiger partial charge in [0, 0.05) is 12.1 Å². The van der Waals surface area contributed by atoms with Gasteiger partial charge >= 0.3 is 0 Å². The zero-order chi connectivity index (χ0) is 20.7. The summed E-state index contributed by atoms with van der Waals surface area (Å²) in [4.78, 5) is 21.5. The minimum atomic E-state index is -0.852. The number of amides is 1. The van der Waals surface area contributed by atoms with Crippen molar-refractivity contribution in [3.8, 4) is 17.6 Å². The maximum absolute atomic E-state index is 11.2. The number of nitrogens with zero attached hydrogens (tertiary/aromatic N) is 2. The Kier molecular flexibility index (Phi) is 6.96. The molecule has 0 aliphatic rings. The Bertz CT molecular complexity index is 965. The van der Waals surface area contributed by atoms with Gasteiger partial charge in [0.2, 0.25) is 0 Å². The van der Waals surface area contributed by atoms with E-state index in [1.54, 1.807) is 31.2 Å². The molecule has 0 aliphatic heterocycles. The quantitative estimate of drug-likeness (QED) is 0.311. The Hall–Kier alpha value is -3.57. The number of rotatable bonds is 8. The van der Waals surface area contributed by atoms with E-state index in [9.17, 15) is 14.9 Å². The van der Waals surface area contributed by atoms with Crippen LogP contribution >= 0.6 is 11.6 Å². The number of nitro benzene ring substituents is 1. The summed E-state index contributed by atoms with van der Waals surface area (Å²) in [5.74, 6) is -0.253. The number of primary amides is 1. The SMILES string of the molecule is CCOc1cc(/C=C(\C#N)C(N)=O)cc(Cl)c1OCc1ccc([N+](=O)[O-])cc1. The summed E-state index contributed by atoms with van der Waals surface area (Å²) in [6.07, 6.45) is 1.30. The molecular weight excluding hydrogens is 386 g/mol. The Morgan fingerprint density at radius 3 is 2.54 bits per heavy atom.